The van der Waals surface area contributed by atoms with Gasteiger partial charge in [0.05, 0.1) is 5.52 Å². The minimum absolute atomic E-state index is 0.0795. The second-order valence-electron chi connectivity index (χ2n) is 17.0. The monoisotopic (exact) mass is 762 g/mol. The van der Waals surface area contributed by atoms with Gasteiger partial charge in [-0.05, 0) is 82.7 Å². The van der Waals surface area contributed by atoms with E-state index < -0.39 is 0 Å². The largest absolute Gasteiger partial charge is 0.456 e. The van der Waals surface area contributed by atoms with Crippen LogP contribution in [0.1, 0.15) is 26.3 Å². The summed E-state index contributed by atoms with van der Waals surface area (Å²) in [6.45, 7) is 6.79. The van der Waals surface area contributed by atoms with Crippen LogP contribution in [0.2, 0.25) is 0 Å². The summed E-state index contributed by atoms with van der Waals surface area (Å²) in [5.41, 5.74) is 15.8. The third kappa shape index (κ3) is 4.52. The number of aromatic nitrogens is 1. The molecule has 8 aromatic carbocycles. The molecule has 12 aromatic rings. The fourth-order valence-electron chi connectivity index (χ4n) is 9.72. The molecule has 6 heteroatoms. The zero-order valence-electron chi connectivity index (χ0n) is 32.2. The van der Waals surface area contributed by atoms with Crippen LogP contribution in [0.4, 0.5) is 11.4 Å². The Bertz CT molecular complexity index is 3720. The van der Waals surface area contributed by atoms with Gasteiger partial charge >= 0.3 is 0 Å². The fourth-order valence-corrected chi connectivity index (χ4v) is 10.8. The molecule has 0 fully saturated rings. The number of para-hydroxylation sites is 2. The van der Waals surface area contributed by atoms with Gasteiger partial charge in [-0.3, -0.25) is 0 Å². The van der Waals surface area contributed by atoms with Crippen molar-refractivity contribution in [1.82, 2.24) is 4.57 Å². The van der Waals surface area contributed by atoms with Crippen LogP contribution >= 0.6 is 11.3 Å². The average molecular weight is 763 g/mol. The molecule has 0 saturated carbocycles. The molecule has 0 unspecified atom stereocenters. The molecule has 0 radical (unpaired) electrons. The third-order valence-corrected chi connectivity index (χ3v) is 13.7. The Morgan fingerprint density at radius 2 is 1.22 bits per heavy atom. The van der Waals surface area contributed by atoms with Gasteiger partial charge in [-0.2, -0.15) is 0 Å². The highest BCUT2D eigenvalue weighted by atomic mass is 32.1. The molecule has 274 valence electrons. The molecule has 5 heterocycles. The van der Waals surface area contributed by atoms with Crippen molar-refractivity contribution in [3.8, 4) is 16.8 Å². The van der Waals surface area contributed by atoms with Crippen LogP contribution in [0, 0.1) is 0 Å². The summed E-state index contributed by atoms with van der Waals surface area (Å²) in [6, 6.07) is 53.3. The highest BCUT2D eigenvalue weighted by molar-refractivity contribution is 7.25. The maximum atomic E-state index is 6.53. The first-order valence-corrected chi connectivity index (χ1v) is 20.8. The van der Waals surface area contributed by atoms with Crippen LogP contribution in [0.5, 0.6) is 0 Å². The molecule has 1 aliphatic heterocycles. The summed E-state index contributed by atoms with van der Waals surface area (Å²) in [5.74, 6) is 0. The Labute approximate surface area is 338 Å². The molecule has 0 aliphatic carbocycles. The van der Waals surface area contributed by atoms with Crippen LogP contribution in [0.15, 0.2) is 154 Å². The zero-order chi connectivity index (χ0) is 38.4. The molecule has 0 bridgehead atoms. The van der Waals surface area contributed by atoms with E-state index in [2.05, 4.69) is 164 Å². The number of nitrogens with zero attached hydrogens (tertiary/aromatic N) is 1. The van der Waals surface area contributed by atoms with Gasteiger partial charge in [0.25, 0.3) is 0 Å². The van der Waals surface area contributed by atoms with Crippen molar-refractivity contribution in [3.05, 3.63) is 151 Å². The third-order valence-electron chi connectivity index (χ3n) is 12.6. The van der Waals surface area contributed by atoms with Crippen LogP contribution in [-0.4, -0.2) is 11.8 Å². The Morgan fingerprint density at radius 1 is 0.534 bits per heavy atom. The van der Waals surface area contributed by atoms with E-state index in [-0.39, 0.29) is 5.41 Å². The zero-order valence-corrected chi connectivity index (χ0v) is 33.1. The van der Waals surface area contributed by atoms with E-state index >= 15 is 0 Å². The highest BCUT2D eigenvalue weighted by Crippen LogP contribution is 2.44. The quantitative estimate of drug-likeness (QED) is 0.182. The van der Waals surface area contributed by atoms with Crippen LogP contribution in [0.25, 0.3) is 103 Å². The van der Waals surface area contributed by atoms with Crippen molar-refractivity contribution in [2.24, 2.45) is 0 Å². The lowest BCUT2D eigenvalue weighted by Crippen LogP contribution is -2.37. The highest BCUT2D eigenvalue weighted by Gasteiger charge is 2.29. The summed E-state index contributed by atoms with van der Waals surface area (Å²) >= 11 is 1.86. The van der Waals surface area contributed by atoms with E-state index in [0.29, 0.717) is 0 Å². The number of hydrogen-bond donors (Lipinski definition) is 1. The lowest BCUT2D eigenvalue weighted by Gasteiger charge is -2.24. The molecule has 1 aliphatic rings. The van der Waals surface area contributed by atoms with E-state index in [1.807, 2.05) is 23.5 Å². The van der Waals surface area contributed by atoms with Crippen LogP contribution in [0.3, 0.4) is 0 Å². The normalized spacial score (nSPS) is 12.9. The van der Waals surface area contributed by atoms with Crippen LogP contribution in [-0.2, 0) is 5.41 Å². The van der Waals surface area contributed by atoms with Crippen molar-refractivity contribution in [3.63, 3.8) is 0 Å². The molecule has 13 rings (SSSR count). The first kappa shape index (κ1) is 32.3. The lowest BCUT2D eigenvalue weighted by molar-refractivity contribution is 0.590. The van der Waals surface area contributed by atoms with E-state index in [9.17, 15) is 0 Å². The first-order chi connectivity index (χ1) is 28.3. The van der Waals surface area contributed by atoms with Gasteiger partial charge in [0.1, 0.15) is 22.3 Å². The number of fused-ring (bicyclic) bond motifs is 14. The van der Waals surface area contributed by atoms with Crippen molar-refractivity contribution >= 4 is 127 Å². The maximum Gasteiger partial charge on any atom is 0.198 e. The molecule has 0 spiro atoms. The number of furan rings is 2. The molecule has 4 aromatic heterocycles. The number of rotatable bonds is 3. The molecule has 58 heavy (non-hydrogen) atoms. The summed E-state index contributed by atoms with van der Waals surface area (Å²) < 4.78 is 18.1. The second kappa shape index (κ2) is 11.4. The molecule has 0 atom stereocenters. The van der Waals surface area contributed by atoms with Crippen molar-refractivity contribution in [1.29, 1.82) is 0 Å². The predicted molar refractivity (Wildman–Crippen MR) is 249 cm³/mol. The molecule has 4 nitrogen and oxygen atoms in total. The summed E-state index contributed by atoms with van der Waals surface area (Å²) in [6.07, 6.45) is 0. The summed E-state index contributed by atoms with van der Waals surface area (Å²) in [7, 11) is 0.770. The van der Waals surface area contributed by atoms with E-state index in [1.54, 1.807) is 0 Å². The number of thiophene rings is 1. The number of anilines is 2. The van der Waals surface area contributed by atoms with Crippen molar-refractivity contribution < 1.29 is 8.83 Å². The standard InChI is InChI=1S/C52H35BN2O2S/c1-52(2,3)28-16-18-29(19-17-28)54-41-26-49-39(32-12-6-9-15-48(32)58-49)22-35(41)33-20-21-34-36-23-37-30-10-4-7-13-44(30)57-47(37)27-42(36)55-43-24-38-31-11-5-8-14-45(31)56-46(38)25-40(43)53-50(33)51(34)55/h4-27,53-54H,1-3H3. The minimum Gasteiger partial charge on any atom is -0.456 e. The minimum atomic E-state index is 0.0795. The SMILES string of the molecule is CC(C)(C)c1ccc(Nc2cc3sc4ccccc4c3cc2-c2ccc3c4cc5c(cc4n4c3c2Bc2cc3oc6ccccc6c3cc2-4)oc2ccccc25)cc1. The number of nitrogens with one attached hydrogen (secondary N) is 1. The fraction of sp³-hybridized carbons (Fsp3) is 0.0769. The van der Waals surface area contributed by atoms with Gasteiger partial charge in [-0.1, -0.05) is 105 Å². The average Bonchev–Trinajstić information content (AvgIpc) is 3.98. The summed E-state index contributed by atoms with van der Waals surface area (Å²) in [4.78, 5) is 0. The molecule has 1 N–H and O–H groups in total. The number of benzene rings is 8. The van der Waals surface area contributed by atoms with Gasteiger partial charge in [-0.15, -0.1) is 11.3 Å². The number of hydrogen-bond acceptors (Lipinski definition) is 4. The van der Waals surface area contributed by atoms with Crippen LogP contribution < -0.4 is 16.2 Å². The lowest BCUT2D eigenvalue weighted by atomic mass is 9.59. The van der Waals surface area contributed by atoms with Gasteiger partial charge in [0, 0.05) is 86.7 Å². The second-order valence-corrected chi connectivity index (χ2v) is 18.1. The van der Waals surface area contributed by atoms with E-state index in [0.717, 1.165) is 68.0 Å². The van der Waals surface area contributed by atoms with Gasteiger partial charge in [0.15, 0.2) is 7.28 Å². The maximum absolute atomic E-state index is 6.53. The molecule has 0 saturated heterocycles. The molecular formula is C52H35BN2O2S. The Kier molecular flexibility index (Phi) is 6.37. The first-order valence-electron chi connectivity index (χ1n) is 20.0. The smallest absolute Gasteiger partial charge is 0.198 e. The van der Waals surface area contributed by atoms with Crippen molar-refractivity contribution in [2.45, 2.75) is 26.2 Å². The predicted octanol–water partition coefficient (Wildman–Crippen LogP) is 13.4. The Hall–Kier alpha value is -6.76. The van der Waals surface area contributed by atoms with E-state index in [4.69, 9.17) is 8.83 Å². The van der Waals surface area contributed by atoms with Gasteiger partial charge < -0.3 is 18.7 Å². The van der Waals surface area contributed by atoms with Gasteiger partial charge in [0.2, 0.25) is 0 Å². The van der Waals surface area contributed by atoms with E-state index in [1.165, 1.54) is 69.8 Å². The van der Waals surface area contributed by atoms with Gasteiger partial charge in [-0.25, -0.2) is 0 Å². The Morgan fingerprint density at radius 3 is 1.98 bits per heavy atom. The summed E-state index contributed by atoms with van der Waals surface area (Å²) in [5, 5.41) is 13.5. The van der Waals surface area contributed by atoms with Crippen molar-refractivity contribution in [2.75, 3.05) is 5.32 Å². The molecule has 0 amide bonds. The Balaban J connectivity index is 1.12. The molecular weight excluding hydrogens is 727 g/mol. The topological polar surface area (TPSA) is 43.2 Å².